The number of hydrogen-bond donors (Lipinski definition) is 2. The van der Waals surface area contributed by atoms with Gasteiger partial charge in [0.1, 0.15) is 0 Å². The van der Waals surface area contributed by atoms with Gasteiger partial charge in [0.2, 0.25) is 0 Å². The van der Waals surface area contributed by atoms with Crippen LogP contribution in [0.3, 0.4) is 0 Å². The van der Waals surface area contributed by atoms with Crippen LogP contribution in [0.1, 0.15) is 30.1 Å². The van der Waals surface area contributed by atoms with E-state index in [9.17, 15) is 4.79 Å². The van der Waals surface area contributed by atoms with Crippen LogP contribution >= 0.6 is 0 Å². The number of amides is 1. The molecule has 20 heavy (non-hydrogen) atoms. The molecule has 2 aromatic rings. The number of aromatic nitrogens is 2. The van der Waals surface area contributed by atoms with Crippen LogP contribution in [0.5, 0.6) is 0 Å². The van der Waals surface area contributed by atoms with Crippen molar-refractivity contribution < 1.29 is 9.53 Å². The number of ether oxygens (including phenoxy) is 1. The second-order valence-corrected chi connectivity index (χ2v) is 5.38. The van der Waals surface area contributed by atoms with E-state index in [-0.39, 0.29) is 11.9 Å². The van der Waals surface area contributed by atoms with E-state index < -0.39 is 0 Å². The quantitative estimate of drug-likeness (QED) is 0.900. The molecular weight excluding hydrogens is 254 g/mol. The maximum atomic E-state index is 12.3. The van der Waals surface area contributed by atoms with E-state index >= 15 is 0 Å². The average molecular weight is 273 g/mol. The number of carbonyl (C=O) groups excluding carboxylic acids is 1. The molecule has 106 valence electrons. The SMILES string of the molecule is CC(NC(=O)c1ccc2cn[nH]c2c1)C1CCOCC1. The summed E-state index contributed by atoms with van der Waals surface area (Å²) < 4.78 is 5.36. The molecule has 3 rings (SSSR count). The number of nitrogens with one attached hydrogen (secondary N) is 2. The van der Waals surface area contributed by atoms with Gasteiger partial charge in [0.05, 0.1) is 11.7 Å². The predicted octanol–water partition coefficient (Wildman–Crippen LogP) is 2.11. The fourth-order valence-corrected chi connectivity index (χ4v) is 2.70. The Morgan fingerprint density at radius 2 is 2.25 bits per heavy atom. The Kier molecular flexibility index (Phi) is 3.69. The summed E-state index contributed by atoms with van der Waals surface area (Å²) in [4.78, 5) is 12.3. The van der Waals surface area contributed by atoms with Gasteiger partial charge in [0.15, 0.2) is 0 Å². The van der Waals surface area contributed by atoms with Crippen LogP contribution in [0.25, 0.3) is 10.9 Å². The van der Waals surface area contributed by atoms with Gasteiger partial charge in [-0.1, -0.05) is 6.07 Å². The molecule has 5 heteroatoms. The molecule has 0 saturated carbocycles. The van der Waals surface area contributed by atoms with E-state index in [1.54, 1.807) is 6.20 Å². The molecule has 1 aliphatic rings. The van der Waals surface area contributed by atoms with Crippen LogP contribution in [0.4, 0.5) is 0 Å². The van der Waals surface area contributed by atoms with Gasteiger partial charge in [-0.05, 0) is 37.8 Å². The minimum Gasteiger partial charge on any atom is -0.381 e. The Morgan fingerprint density at radius 1 is 1.45 bits per heavy atom. The zero-order valence-corrected chi connectivity index (χ0v) is 11.6. The highest BCUT2D eigenvalue weighted by Gasteiger charge is 2.22. The summed E-state index contributed by atoms with van der Waals surface area (Å²) in [6.45, 7) is 3.67. The van der Waals surface area contributed by atoms with Crippen LogP contribution in [0.2, 0.25) is 0 Å². The largest absolute Gasteiger partial charge is 0.381 e. The fourth-order valence-electron chi connectivity index (χ4n) is 2.70. The first kappa shape index (κ1) is 13.1. The number of carbonyl (C=O) groups is 1. The third kappa shape index (κ3) is 2.67. The van der Waals surface area contributed by atoms with Gasteiger partial charge >= 0.3 is 0 Å². The van der Waals surface area contributed by atoms with Crippen molar-refractivity contribution >= 4 is 16.8 Å². The fraction of sp³-hybridized carbons (Fsp3) is 0.467. The lowest BCUT2D eigenvalue weighted by atomic mass is 9.93. The van der Waals surface area contributed by atoms with E-state index in [1.165, 1.54) is 0 Å². The minimum absolute atomic E-state index is 0.0273. The second kappa shape index (κ2) is 5.63. The monoisotopic (exact) mass is 273 g/mol. The predicted molar refractivity (Wildman–Crippen MR) is 76.6 cm³/mol. The number of rotatable bonds is 3. The number of H-pyrrole nitrogens is 1. The summed E-state index contributed by atoms with van der Waals surface area (Å²) >= 11 is 0. The number of benzene rings is 1. The van der Waals surface area contributed by atoms with E-state index in [4.69, 9.17) is 4.74 Å². The van der Waals surface area contributed by atoms with Crippen molar-refractivity contribution in [1.29, 1.82) is 0 Å². The Bertz CT molecular complexity index is 602. The molecule has 0 bridgehead atoms. The first-order chi connectivity index (χ1) is 9.74. The highest BCUT2D eigenvalue weighted by molar-refractivity contribution is 5.97. The summed E-state index contributed by atoms with van der Waals surface area (Å²) in [5, 5.41) is 11.0. The highest BCUT2D eigenvalue weighted by atomic mass is 16.5. The summed E-state index contributed by atoms with van der Waals surface area (Å²) in [6, 6.07) is 5.76. The third-order valence-corrected chi connectivity index (χ3v) is 4.04. The molecule has 1 fully saturated rings. The first-order valence-corrected chi connectivity index (χ1v) is 7.06. The Labute approximate surface area is 117 Å². The first-order valence-electron chi connectivity index (χ1n) is 7.06. The van der Waals surface area contributed by atoms with Crippen molar-refractivity contribution in [3.05, 3.63) is 30.0 Å². The van der Waals surface area contributed by atoms with Crippen molar-refractivity contribution in [1.82, 2.24) is 15.5 Å². The van der Waals surface area contributed by atoms with Gasteiger partial charge in [-0.2, -0.15) is 5.10 Å². The summed E-state index contributed by atoms with van der Waals surface area (Å²) in [5.74, 6) is 0.476. The molecule has 2 heterocycles. The van der Waals surface area contributed by atoms with Crippen molar-refractivity contribution in [2.45, 2.75) is 25.8 Å². The lowest BCUT2D eigenvalue weighted by Crippen LogP contribution is -2.40. The lowest BCUT2D eigenvalue weighted by molar-refractivity contribution is 0.0538. The highest BCUT2D eigenvalue weighted by Crippen LogP contribution is 2.19. The van der Waals surface area contributed by atoms with Crippen LogP contribution in [-0.4, -0.2) is 35.4 Å². The zero-order chi connectivity index (χ0) is 13.9. The topological polar surface area (TPSA) is 67.0 Å². The molecule has 1 saturated heterocycles. The Morgan fingerprint density at radius 3 is 3.05 bits per heavy atom. The molecule has 1 amide bonds. The standard InChI is InChI=1S/C15H19N3O2/c1-10(11-4-6-20-7-5-11)17-15(19)12-2-3-13-9-16-18-14(13)8-12/h2-3,8-11H,4-7H2,1H3,(H,16,18)(H,17,19). The van der Waals surface area contributed by atoms with E-state index in [0.29, 0.717) is 11.5 Å². The maximum Gasteiger partial charge on any atom is 0.251 e. The average Bonchev–Trinajstić information content (AvgIpc) is 2.95. The van der Waals surface area contributed by atoms with Crippen LogP contribution in [-0.2, 0) is 4.74 Å². The van der Waals surface area contributed by atoms with Crippen molar-refractivity contribution in [3.63, 3.8) is 0 Å². The maximum absolute atomic E-state index is 12.3. The second-order valence-electron chi connectivity index (χ2n) is 5.38. The van der Waals surface area contributed by atoms with Gasteiger partial charge in [-0.25, -0.2) is 0 Å². The lowest BCUT2D eigenvalue weighted by Gasteiger charge is -2.28. The smallest absolute Gasteiger partial charge is 0.251 e. The number of nitrogens with zero attached hydrogens (tertiary/aromatic N) is 1. The molecule has 0 aliphatic carbocycles. The molecule has 2 N–H and O–H groups in total. The van der Waals surface area contributed by atoms with Crippen molar-refractivity contribution in [3.8, 4) is 0 Å². The van der Waals surface area contributed by atoms with Gasteiger partial charge in [0.25, 0.3) is 5.91 Å². The van der Waals surface area contributed by atoms with Gasteiger partial charge in [-0.15, -0.1) is 0 Å². The molecule has 1 atom stereocenters. The molecule has 0 radical (unpaired) electrons. The summed E-state index contributed by atoms with van der Waals surface area (Å²) in [6.07, 6.45) is 3.78. The van der Waals surface area contributed by atoms with Crippen molar-refractivity contribution in [2.75, 3.05) is 13.2 Å². The summed E-state index contributed by atoms with van der Waals surface area (Å²) in [5.41, 5.74) is 1.55. The number of aromatic amines is 1. The molecule has 0 spiro atoms. The van der Waals surface area contributed by atoms with E-state index in [1.807, 2.05) is 18.2 Å². The van der Waals surface area contributed by atoms with Crippen LogP contribution in [0, 0.1) is 5.92 Å². The van der Waals surface area contributed by atoms with Crippen LogP contribution in [0.15, 0.2) is 24.4 Å². The number of hydrogen-bond acceptors (Lipinski definition) is 3. The molecular formula is C15H19N3O2. The summed E-state index contributed by atoms with van der Waals surface area (Å²) in [7, 11) is 0. The van der Waals surface area contributed by atoms with Gasteiger partial charge in [0, 0.05) is 30.2 Å². The molecule has 1 aliphatic heterocycles. The van der Waals surface area contributed by atoms with Crippen molar-refractivity contribution in [2.24, 2.45) is 5.92 Å². The third-order valence-electron chi connectivity index (χ3n) is 4.04. The zero-order valence-electron chi connectivity index (χ0n) is 11.6. The van der Waals surface area contributed by atoms with Gasteiger partial charge < -0.3 is 10.1 Å². The molecule has 5 nitrogen and oxygen atoms in total. The molecule has 1 aromatic carbocycles. The normalized spacial score (nSPS) is 18.1. The molecule has 1 unspecified atom stereocenters. The Balaban J connectivity index is 1.68. The van der Waals surface area contributed by atoms with E-state index in [2.05, 4.69) is 22.4 Å². The Hall–Kier alpha value is -1.88. The van der Waals surface area contributed by atoms with Crippen LogP contribution < -0.4 is 5.32 Å². The number of fused-ring (bicyclic) bond motifs is 1. The van der Waals surface area contributed by atoms with Gasteiger partial charge in [-0.3, -0.25) is 9.89 Å². The molecule has 1 aromatic heterocycles. The minimum atomic E-state index is -0.0273. The van der Waals surface area contributed by atoms with E-state index in [0.717, 1.165) is 37.0 Å².